The summed E-state index contributed by atoms with van der Waals surface area (Å²) in [6.45, 7) is 4.08. The molecule has 0 aliphatic heterocycles. The highest BCUT2D eigenvalue weighted by Crippen LogP contribution is 2.28. The van der Waals surface area contributed by atoms with Crippen LogP contribution >= 0.6 is 11.3 Å². The number of hydrogen-bond donors (Lipinski definition) is 1. The number of rotatable bonds is 2. The van der Waals surface area contributed by atoms with E-state index in [4.69, 9.17) is 5.11 Å². The number of aromatic nitrogens is 3. The average Bonchev–Trinajstić information content (AvgIpc) is 2.86. The molecule has 0 unspecified atom stereocenters. The van der Waals surface area contributed by atoms with Crippen molar-refractivity contribution in [3.05, 3.63) is 41.2 Å². The molecule has 0 aliphatic carbocycles. The molecule has 0 bridgehead atoms. The second kappa shape index (κ2) is 4.17. The zero-order valence-corrected chi connectivity index (χ0v) is 11.2. The van der Waals surface area contributed by atoms with E-state index < -0.39 is 5.97 Å². The van der Waals surface area contributed by atoms with E-state index in [2.05, 4.69) is 16.1 Å². The van der Waals surface area contributed by atoms with Gasteiger partial charge in [-0.25, -0.2) is 14.3 Å². The summed E-state index contributed by atoms with van der Waals surface area (Å²) in [6, 6.07) is 6.17. The van der Waals surface area contributed by atoms with Crippen LogP contribution in [0.3, 0.4) is 0 Å². The highest BCUT2D eigenvalue weighted by molar-refractivity contribution is 7.19. The van der Waals surface area contributed by atoms with Crippen LogP contribution in [0, 0.1) is 13.8 Å². The Morgan fingerprint density at radius 3 is 2.79 bits per heavy atom. The molecule has 1 aromatic carbocycles. The van der Waals surface area contributed by atoms with E-state index in [-0.39, 0.29) is 5.69 Å². The molecule has 5 nitrogen and oxygen atoms in total. The maximum Gasteiger partial charge on any atom is 0.356 e. The minimum Gasteiger partial charge on any atom is -0.476 e. The Morgan fingerprint density at radius 2 is 2.16 bits per heavy atom. The number of carbonyl (C=O) groups is 1. The van der Waals surface area contributed by atoms with Crippen molar-refractivity contribution in [1.29, 1.82) is 0 Å². The zero-order chi connectivity index (χ0) is 13.6. The van der Waals surface area contributed by atoms with Gasteiger partial charge in [-0.1, -0.05) is 35.1 Å². The van der Waals surface area contributed by atoms with Gasteiger partial charge in [0.25, 0.3) is 0 Å². The largest absolute Gasteiger partial charge is 0.476 e. The molecule has 0 fully saturated rings. The fourth-order valence-corrected chi connectivity index (χ4v) is 2.94. The van der Waals surface area contributed by atoms with Gasteiger partial charge in [0.05, 0.1) is 6.20 Å². The lowest BCUT2D eigenvalue weighted by molar-refractivity contribution is 0.0691. The fraction of sp³-hybridized carbons (Fsp3) is 0.154. The van der Waals surface area contributed by atoms with Crippen molar-refractivity contribution < 1.29 is 9.90 Å². The molecule has 1 N–H and O–H groups in total. The lowest BCUT2D eigenvalue weighted by Crippen LogP contribution is -1.95. The molecule has 19 heavy (non-hydrogen) atoms. The second-order valence-corrected chi connectivity index (χ2v) is 5.34. The van der Waals surface area contributed by atoms with Crippen LogP contribution in [0.4, 0.5) is 0 Å². The van der Waals surface area contributed by atoms with E-state index in [0.29, 0.717) is 4.96 Å². The number of aromatic carboxylic acids is 1. The molecule has 96 valence electrons. The lowest BCUT2D eigenvalue weighted by Gasteiger charge is -2.02. The molecular weight excluding hydrogens is 262 g/mol. The Labute approximate surface area is 113 Å². The van der Waals surface area contributed by atoms with E-state index >= 15 is 0 Å². The minimum absolute atomic E-state index is 0.0194. The van der Waals surface area contributed by atoms with Crippen LogP contribution in [0.2, 0.25) is 0 Å². The summed E-state index contributed by atoms with van der Waals surface area (Å²) in [5, 5.41) is 14.1. The minimum atomic E-state index is -1.04. The topological polar surface area (TPSA) is 67.5 Å². The van der Waals surface area contributed by atoms with Crippen molar-refractivity contribution in [1.82, 2.24) is 14.6 Å². The Bertz CT molecular complexity index is 757. The fourth-order valence-electron chi connectivity index (χ4n) is 1.97. The molecule has 0 saturated heterocycles. The lowest BCUT2D eigenvalue weighted by atomic mass is 10.1. The van der Waals surface area contributed by atoms with E-state index in [1.807, 2.05) is 26.0 Å². The first-order valence-electron chi connectivity index (χ1n) is 5.72. The van der Waals surface area contributed by atoms with Crippen molar-refractivity contribution in [2.75, 3.05) is 0 Å². The molecule has 2 heterocycles. The number of benzene rings is 1. The summed E-state index contributed by atoms with van der Waals surface area (Å²) in [5.41, 5.74) is 3.43. The summed E-state index contributed by atoms with van der Waals surface area (Å²) in [5.74, 6) is -1.04. The number of fused-ring (bicyclic) bond motifs is 1. The third kappa shape index (κ3) is 2.00. The Kier molecular flexibility index (Phi) is 2.60. The molecule has 0 amide bonds. The molecule has 0 aliphatic rings. The first-order valence-corrected chi connectivity index (χ1v) is 6.53. The normalized spacial score (nSPS) is 11.1. The number of hydrogen-bond acceptors (Lipinski definition) is 4. The third-order valence-corrected chi connectivity index (χ3v) is 3.83. The smallest absolute Gasteiger partial charge is 0.356 e. The van der Waals surface area contributed by atoms with Gasteiger partial charge in [0.2, 0.25) is 4.96 Å². The van der Waals surface area contributed by atoms with Crippen molar-refractivity contribution in [2.45, 2.75) is 13.8 Å². The molecule has 6 heteroatoms. The molecular formula is C13H11N3O2S. The van der Waals surface area contributed by atoms with Crippen LogP contribution in [0.25, 0.3) is 15.5 Å². The van der Waals surface area contributed by atoms with Crippen LogP contribution < -0.4 is 0 Å². The molecule has 0 saturated carbocycles. The molecule has 3 rings (SSSR count). The van der Waals surface area contributed by atoms with Gasteiger partial charge in [0, 0.05) is 5.56 Å². The maximum atomic E-state index is 10.8. The van der Waals surface area contributed by atoms with Crippen LogP contribution in [-0.4, -0.2) is 25.7 Å². The number of carboxylic acids is 1. The van der Waals surface area contributed by atoms with Gasteiger partial charge in [-0.2, -0.15) is 5.10 Å². The molecule has 2 aromatic heterocycles. The average molecular weight is 273 g/mol. The highest BCUT2D eigenvalue weighted by atomic mass is 32.1. The first kappa shape index (κ1) is 11.9. The molecule has 0 spiro atoms. The number of imidazole rings is 1. The quantitative estimate of drug-likeness (QED) is 0.779. The Balaban J connectivity index is 2.10. The third-order valence-electron chi connectivity index (χ3n) is 2.87. The first-order chi connectivity index (χ1) is 9.04. The van der Waals surface area contributed by atoms with Crippen LogP contribution in [0.15, 0.2) is 24.4 Å². The Morgan fingerprint density at radius 1 is 1.37 bits per heavy atom. The van der Waals surface area contributed by atoms with Gasteiger partial charge in [-0.3, -0.25) is 0 Å². The molecule has 3 aromatic rings. The van der Waals surface area contributed by atoms with Gasteiger partial charge >= 0.3 is 5.97 Å². The standard InChI is InChI=1S/C13H11N3O2S/c1-7-3-4-9(8(2)5-7)11-15-16-6-10(12(17)18)14-13(16)19-11/h3-6H,1-2H3,(H,17,18). The second-order valence-electron chi connectivity index (χ2n) is 4.38. The predicted octanol–water partition coefficient (Wildman–Crippen LogP) is 2.77. The monoisotopic (exact) mass is 273 g/mol. The van der Waals surface area contributed by atoms with Gasteiger partial charge in [0.15, 0.2) is 5.69 Å². The van der Waals surface area contributed by atoms with Crippen LogP contribution in [0.5, 0.6) is 0 Å². The number of nitrogens with zero attached hydrogens (tertiary/aromatic N) is 3. The number of aryl methyl sites for hydroxylation is 2. The molecule has 0 radical (unpaired) electrons. The summed E-state index contributed by atoms with van der Waals surface area (Å²) in [7, 11) is 0. The van der Waals surface area contributed by atoms with Gasteiger partial charge in [-0.15, -0.1) is 0 Å². The van der Waals surface area contributed by atoms with E-state index in [9.17, 15) is 4.79 Å². The zero-order valence-electron chi connectivity index (χ0n) is 10.4. The summed E-state index contributed by atoms with van der Waals surface area (Å²) < 4.78 is 1.52. The van der Waals surface area contributed by atoms with Crippen molar-refractivity contribution >= 4 is 22.3 Å². The van der Waals surface area contributed by atoms with Gasteiger partial charge in [0.1, 0.15) is 5.01 Å². The predicted molar refractivity (Wildman–Crippen MR) is 72.7 cm³/mol. The Hall–Kier alpha value is -2.21. The number of carboxylic acid groups (broad SMARTS) is 1. The summed E-state index contributed by atoms with van der Waals surface area (Å²) in [6.07, 6.45) is 1.43. The SMILES string of the molecule is Cc1ccc(-c2nn3cc(C(=O)O)nc3s2)c(C)c1. The van der Waals surface area contributed by atoms with Crippen LogP contribution in [-0.2, 0) is 0 Å². The van der Waals surface area contributed by atoms with E-state index in [0.717, 1.165) is 16.1 Å². The van der Waals surface area contributed by atoms with E-state index in [1.54, 1.807) is 0 Å². The molecule has 0 atom stereocenters. The van der Waals surface area contributed by atoms with Crippen molar-refractivity contribution in [3.63, 3.8) is 0 Å². The maximum absolute atomic E-state index is 10.8. The highest BCUT2D eigenvalue weighted by Gasteiger charge is 2.14. The van der Waals surface area contributed by atoms with Crippen molar-refractivity contribution in [2.24, 2.45) is 0 Å². The van der Waals surface area contributed by atoms with Gasteiger partial charge < -0.3 is 5.11 Å². The van der Waals surface area contributed by atoms with Crippen LogP contribution in [0.1, 0.15) is 21.6 Å². The summed E-state index contributed by atoms with van der Waals surface area (Å²) in [4.78, 5) is 15.4. The van der Waals surface area contributed by atoms with Gasteiger partial charge in [-0.05, 0) is 19.4 Å². The van der Waals surface area contributed by atoms with Crippen molar-refractivity contribution in [3.8, 4) is 10.6 Å². The summed E-state index contributed by atoms with van der Waals surface area (Å²) >= 11 is 1.39. The van der Waals surface area contributed by atoms with E-state index in [1.165, 1.54) is 27.6 Å².